The van der Waals surface area contributed by atoms with Crippen molar-refractivity contribution in [3.8, 4) is 0 Å². The number of aryl methyl sites for hydroxylation is 1. The van der Waals surface area contributed by atoms with E-state index >= 15 is 0 Å². The Kier molecular flexibility index (Phi) is 2.36. The molecular formula is C10H17N3. The standard InChI is InChI=1S/C10H17N3/c1-8-4-5-12-13(8)7-9-2-3-10(11)6-9/h4-5,9-10H,2-3,6-7,11H2,1H3. The van der Waals surface area contributed by atoms with Gasteiger partial charge in [-0.3, -0.25) is 4.68 Å². The molecule has 0 saturated heterocycles. The van der Waals surface area contributed by atoms with Crippen molar-refractivity contribution in [2.24, 2.45) is 11.7 Å². The molecule has 3 heteroatoms. The van der Waals surface area contributed by atoms with Gasteiger partial charge in [-0.05, 0) is 38.2 Å². The third kappa shape index (κ3) is 1.91. The normalized spacial score (nSPS) is 28.2. The van der Waals surface area contributed by atoms with Crippen LogP contribution in [-0.2, 0) is 6.54 Å². The minimum absolute atomic E-state index is 0.431. The molecule has 13 heavy (non-hydrogen) atoms. The van der Waals surface area contributed by atoms with E-state index in [-0.39, 0.29) is 0 Å². The summed E-state index contributed by atoms with van der Waals surface area (Å²) in [6.07, 6.45) is 5.48. The summed E-state index contributed by atoms with van der Waals surface area (Å²) in [5.74, 6) is 0.744. The maximum absolute atomic E-state index is 5.86. The van der Waals surface area contributed by atoms with E-state index in [0.29, 0.717) is 6.04 Å². The van der Waals surface area contributed by atoms with E-state index in [9.17, 15) is 0 Å². The molecule has 0 amide bonds. The summed E-state index contributed by atoms with van der Waals surface area (Å²) < 4.78 is 2.09. The van der Waals surface area contributed by atoms with Crippen LogP contribution in [0.5, 0.6) is 0 Å². The topological polar surface area (TPSA) is 43.8 Å². The van der Waals surface area contributed by atoms with Gasteiger partial charge in [0.25, 0.3) is 0 Å². The highest BCUT2D eigenvalue weighted by Crippen LogP contribution is 2.25. The van der Waals surface area contributed by atoms with E-state index in [2.05, 4.69) is 22.8 Å². The van der Waals surface area contributed by atoms with Crippen LogP contribution in [0.4, 0.5) is 0 Å². The summed E-state index contributed by atoms with van der Waals surface area (Å²) in [6.45, 7) is 3.15. The average Bonchev–Trinajstić information content (AvgIpc) is 2.64. The molecule has 0 aromatic carbocycles. The molecule has 1 aliphatic carbocycles. The van der Waals surface area contributed by atoms with Gasteiger partial charge in [-0.15, -0.1) is 0 Å². The fraction of sp³-hybridized carbons (Fsp3) is 0.700. The molecule has 0 aliphatic heterocycles. The predicted octanol–water partition coefficient (Wildman–Crippen LogP) is 1.32. The van der Waals surface area contributed by atoms with Crippen LogP contribution in [0.2, 0.25) is 0 Å². The summed E-state index contributed by atoms with van der Waals surface area (Å²) in [6, 6.07) is 2.48. The van der Waals surface area contributed by atoms with Gasteiger partial charge in [0.05, 0.1) is 0 Å². The molecule has 2 N–H and O–H groups in total. The van der Waals surface area contributed by atoms with Crippen molar-refractivity contribution < 1.29 is 0 Å². The fourth-order valence-corrected chi connectivity index (χ4v) is 2.11. The summed E-state index contributed by atoms with van der Waals surface area (Å²) in [5.41, 5.74) is 7.11. The Morgan fingerprint density at radius 2 is 2.46 bits per heavy atom. The first-order chi connectivity index (χ1) is 6.25. The van der Waals surface area contributed by atoms with Crippen molar-refractivity contribution in [2.75, 3.05) is 0 Å². The van der Waals surface area contributed by atoms with Crippen LogP contribution in [-0.4, -0.2) is 15.8 Å². The van der Waals surface area contributed by atoms with Crippen LogP contribution in [0, 0.1) is 12.8 Å². The van der Waals surface area contributed by atoms with Gasteiger partial charge in [0.1, 0.15) is 0 Å². The van der Waals surface area contributed by atoms with E-state index in [4.69, 9.17) is 5.73 Å². The number of hydrogen-bond acceptors (Lipinski definition) is 2. The Morgan fingerprint density at radius 1 is 1.62 bits per heavy atom. The van der Waals surface area contributed by atoms with Crippen LogP contribution in [0.1, 0.15) is 25.0 Å². The number of rotatable bonds is 2. The average molecular weight is 179 g/mol. The molecule has 1 fully saturated rings. The molecule has 2 unspecified atom stereocenters. The van der Waals surface area contributed by atoms with Crippen molar-refractivity contribution in [2.45, 2.75) is 38.8 Å². The molecule has 0 bridgehead atoms. The first kappa shape index (κ1) is 8.75. The first-order valence-corrected chi connectivity index (χ1v) is 4.99. The van der Waals surface area contributed by atoms with E-state index in [1.165, 1.54) is 25.0 Å². The van der Waals surface area contributed by atoms with Crippen molar-refractivity contribution >= 4 is 0 Å². The van der Waals surface area contributed by atoms with Crippen LogP contribution >= 0.6 is 0 Å². The molecule has 1 aromatic rings. The van der Waals surface area contributed by atoms with Gasteiger partial charge in [0, 0.05) is 24.5 Å². The second kappa shape index (κ2) is 3.50. The molecule has 1 aliphatic rings. The highest BCUT2D eigenvalue weighted by Gasteiger charge is 2.22. The molecular weight excluding hydrogens is 162 g/mol. The molecule has 2 rings (SSSR count). The first-order valence-electron chi connectivity index (χ1n) is 4.99. The minimum Gasteiger partial charge on any atom is -0.328 e. The third-order valence-electron chi connectivity index (χ3n) is 2.94. The van der Waals surface area contributed by atoms with Crippen molar-refractivity contribution in [1.29, 1.82) is 0 Å². The van der Waals surface area contributed by atoms with Gasteiger partial charge >= 0.3 is 0 Å². The number of nitrogens with zero attached hydrogens (tertiary/aromatic N) is 2. The predicted molar refractivity (Wildman–Crippen MR) is 52.3 cm³/mol. The highest BCUT2D eigenvalue weighted by atomic mass is 15.3. The Labute approximate surface area is 78.9 Å². The highest BCUT2D eigenvalue weighted by molar-refractivity contribution is 4.97. The second-order valence-corrected chi connectivity index (χ2v) is 4.09. The Bertz CT molecular complexity index is 279. The maximum atomic E-state index is 5.86. The number of hydrogen-bond donors (Lipinski definition) is 1. The van der Waals surface area contributed by atoms with Crippen molar-refractivity contribution in [3.63, 3.8) is 0 Å². The Balaban J connectivity index is 1.95. The number of aromatic nitrogens is 2. The van der Waals surface area contributed by atoms with Crippen LogP contribution in [0.3, 0.4) is 0 Å². The Morgan fingerprint density at radius 3 is 3.00 bits per heavy atom. The molecule has 0 spiro atoms. The van der Waals surface area contributed by atoms with Gasteiger partial charge in [0.15, 0.2) is 0 Å². The summed E-state index contributed by atoms with van der Waals surface area (Å²) >= 11 is 0. The van der Waals surface area contributed by atoms with Gasteiger partial charge in [-0.1, -0.05) is 0 Å². The van der Waals surface area contributed by atoms with Crippen LogP contribution < -0.4 is 5.73 Å². The zero-order chi connectivity index (χ0) is 9.26. The maximum Gasteiger partial charge on any atom is 0.0492 e. The molecule has 1 saturated carbocycles. The van der Waals surface area contributed by atoms with Crippen LogP contribution in [0.25, 0.3) is 0 Å². The summed E-state index contributed by atoms with van der Waals surface area (Å²) in [4.78, 5) is 0. The lowest BCUT2D eigenvalue weighted by Crippen LogP contribution is -2.17. The van der Waals surface area contributed by atoms with E-state index < -0.39 is 0 Å². The van der Waals surface area contributed by atoms with Crippen molar-refractivity contribution in [1.82, 2.24) is 9.78 Å². The Hall–Kier alpha value is -0.830. The zero-order valence-corrected chi connectivity index (χ0v) is 8.11. The largest absolute Gasteiger partial charge is 0.328 e. The lowest BCUT2D eigenvalue weighted by atomic mass is 10.1. The fourth-order valence-electron chi connectivity index (χ4n) is 2.11. The van der Waals surface area contributed by atoms with E-state index in [0.717, 1.165) is 12.5 Å². The third-order valence-corrected chi connectivity index (χ3v) is 2.94. The molecule has 3 nitrogen and oxygen atoms in total. The van der Waals surface area contributed by atoms with Crippen LogP contribution in [0.15, 0.2) is 12.3 Å². The molecule has 1 heterocycles. The van der Waals surface area contributed by atoms with Gasteiger partial charge < -0.3 is 5.73 Å². The van der Waals surface area contributed by atoms with Crippen molar-refractivity contribution in [3.05, 3.63) is 18.0 Å². The lowest BCUT2D eigenvalue weighted by Gasteiger charge is -2.10. The molecule has 72 valence electrons. The molecule has 0 radical (unpaired) electrons. The second-order valence-electron chi connectivity index (χ2n) is 4.09. The SMILES string of the molecule is Cc1ccnn1CC1CCC(N)C1. The number of nitrogens with two attached hydrogens (primary N) is 1. The van der Waals surface area contributed by atoms with E-state index in [1.54, 1.807) is 0 Å². The van der Waals surface area contributed by atoms with E-state index in [1.807, 2.05) is 6.20 Å². The monoisotopic (exact) mass is 179 g/mol. The van der Waals surface area contributed by atoms with Gasteiger partial charge in [-0.2, -0.15) is 5.10 Å². The minimum atomic E-state index is 0.431. The molecule has 2 atom stereocenters. The zero-order valence-electron chi connectivity index (χ0n) is 8.11. The lowest BCUT2D eigenvalue weighted by molar-refractivity contribution is 0.418. The summed E-state index contributed by atoms with van der Waals surface area (Å²) in [7, 11) is 0. The smallest absolute Gasteiger partial charge is 0.0492 e. The van der Waals surface area contributed by atoms with Gasteiger partial charge in [0.2, 0.25) is 0 Å². The quantitative estimate of drug-likeness (QED) is 0.744. The van der Waals surface area contributed by atoms with Gasteiger partial charge in [-0.25, -0.2) is 0 Å². The molecule has 1 aromatic heterocycles. The summed E-state index contributed by atoms with van der Waals surface area (Å²) in [5, 5.41) is 4.28.